The first kappa shape index (κ1) is 18.5. The molecule has 5 nitrogen and oxygen atoms in total. The van der Waals surface area contributed by atoms with Gasteiger partial charge in [0.15, 0.2) is 5.78 Å². The fourth-order valence-corrected chi connectivity index (χ4v) is 4.25. The third-order valence-electron chi connectivity index (χ3n) is 4.83. The number of amides is 1. The Balaban J connectivity index is 1.63. The van der Waals surface area contributed by atoms with Crippen molar-refractivity contribution in [1.82, 2.24) is 9.88 Å². The number of aromatic nitrogens is 1. The highest BCUT2D eigenvalue weighted by molar-refractivity contribution is 7.13. The van der Waals surface area contributed by atoms with Gasteiger partial charge in [-0.15, -0.1) is 11.3 Å². The Morgan fingerprint density at radius 1 is 1.11 bits per heavy atom. The van der Waals surface area contributed by atoms with Crippen LogP contribution in [0.3, 0.4) is 0 Å². The minimum absolute atomic E-state index is 0.0176. The molecule has 0 radical (unpaired) electrons. The Morgan fingerprint density at radius 3 is 2.64 bits per heavy atom. The van der Waals surface area contributed by atoms with Crippen molar-refractivity contribution in [1.29, 1.82) is 0 Å². The molecule has 1 aliphatic rings. The van der Waals surface area contributed by atoms with Gasteiger partial charge in [-0.05, 0) is 12.5 Å². The summed E-state index contributed by atoms with van der Waals surface area (Å²) in [7, 11) is 0. The molecular weight excluding hydrogens is 372 g/mol. The number of carbonyl (C=O) groups is 2. The van der Waals surface area contributed by atoms with Gasteiger partial charge in [-0.3, -0.25) is 9.59 Å². The number of benzene rings is 2. The van der Waals surface area contributed by atoms with Gasteiger partial charge in [-0.2, -0.15) is 0 Å². The summed E-state index contributed by atoms with van der Waals surface area (Å²) in [6, 6.07) is 17.1. The average molecular weight is 392 g/mol. The number of carbonyl (C=O) groups excluding carboxylic acids is 2. The Morgan fingerprint density at radius 2 is 1.86 bits per heavy atom. The smallest absolute Gasteiger partial charge is 0.274 e. The van der Waals surface area contributed by atoms with Gasteiger partial charge in [-0.25, -0.2) is 4.98 Å². The van der Waals surface area contributed by atoms with Crippen LogP contribution >= 0.6 is 11.3 Å². The molecule has 28 heavy (non-hydrogen) atoms. The Bertz CT molecular complexity index is 1000. The molecule has 1 fully saturated rings. The van der Waals surface area contributed by atoms with Crippen LogP contribution in [0.1, 0.15) is 39.4 Å². The van der Waals surface area contributed by atoms with Gasteiger partial charge in [0, 0.05) is 23.1 Å². The van der Waals surface area contributed by atoms with Gasteiger partial charge in [0.05, 0.1) is 19.3 Å². The second-order valence-corrected chi connectivity index (χ2v) is 7.50. The predicted octanol–water partition coefficient (Wildman–Crippen LogP) is 4.23. The van der Waals surface area contributed by atoms with Crippen LogP contribution in [0, 0.1) is 0 Å². The zero-order valence-electron chi connectivity index (χ0n) is 15.5. The van der Waals surface area contributed by atoms with E-state index in [4.69, 9.17) is 4.74 Å². The molecule has 4 rings (SSSR count). The molecule has 1 aliphatic heterocycles. The van der Waals surface area contributed by atoms with Crippen LogP contribution in [-0.4, -0.2) is 41.3 Å². The van der Waals surface area contributed by atoms with E-state index in [-0.39, 0.29) is 17.7 Å². The summed E-state index contributed by atoms with van der Waals surface area (Å²) >= 11 is 1.38. The summed E-state index contributed by atoms with van der Waals surface area (Å²) in [6.45, 7) is 3.05. The van der Waals surface area contributed by atoms with Crippen LogP contribution in [0.2, 0.25) is 0 Å². The van der Waals surface area contributed by atoms with E-state index < -0.39 is 0 Å². The van der Waals surface area contributed by atoms with Crippen molar-refractivity contribution < 1.29 is 14.3 Å². The number of hydrogen-bond acceptors (Lipinski definition) is 5. The first-order valence-electron chi connectivity index (χ1n) is 9.14. The van der Waals surface area contributed by atoms with E-state index in [0.717, 1.165) is 11.1 Å². The lowest BCUT2D eigenvalue weighted by Gasteiger charge is -2.35. The van der Waals surface area contributed by atoms with Crippen molar-refractivity contribution in [2.24, 2.45) is 0 Å². The standard InChI is InChI=1S/C22H20N2O3S/c1-15(25)17-9-5-6-10-18(17)21-23-19(14-28-21)22(26)24-11-12-27-13-20(24)16-7-3-2-4-8-16/h2-10,14,20H,11-13H2,1H3. The third-order valence-corrected chi connectivity index (χ3v) is 5.71. The molecule has 1 unspecified atom stereocenters. The quantitative estimate of drug-likeness (QED) is 0.624. The number of rotatable bonds is 4. The number of Topliss-reactive ketones (excluding diaryl/α,β-unsaturated/α-hetero) is 1. The number of morpholine rings is 1. The Kier molecular flexibility index (Phi) is 5.32. The summed E-state index contributed by atoms with van der Waals surface area (Å²) in [4.78, 5) is 31.5. The second-order valence-electron chi connectivity index (χ2n) is 6.64. The number of hydrogen-bond donors (Lipinski definition) is 0. The molecule has 1 saturated heterocycles. The highest BCUT2D eigenvalue weighted by atomic mass is 32.1. The van der Waals surface area contributed by atoms with Gasteiger partial charge in [0.25, 0.3) is 5.91 Å². The van der Waals surface area contributed by atoms with Crippen LogP contribution in [0.25, 0.3) is 10.6 Å². The maximum absolute atomic E-state index is 13.2. The fourth-order valence-electron chi connectivity index (χ4n) is 3.42. The third kappa shape index (κ3) is 3.61. The van der Waals surface area contributed by atoms with Crippen molar-refractivity contribution in [2.45, 2.75) is 13.0 Å². The second kappa shape index (κ2) is 8.04. The van der Waals surface area contributed by atoms with Crippen LogP contribution in [-0.2, 0) is 4.74 Å². The van der Waals surface area contributed by atoms with Crippen LogP contribution < -0.4 is 0 Å². The first-order chi connectivity index (χ1) is 13.6. The number of ketones is 1. The monoisotopic (exact) mass is 392 g/mol. The molecule has 1 aromatic heterocycles. The number of ether oxygens (including phenoxy) is 1. The molecule has 1 atom stereocenters. The topological polar surface area (TPSA) is 59.5 Å². The molecule has 3 aromatic rings. The van der Waals surface area contributed by atoms with Crippen molar-refractivity contribution in [3.63, 3.8) is 0 Å². The predicted molar refractivity (Wildman–Crippen MR) is 109 cm³/mol. The van der Waals surface area contributed by atoms with E-state index in [1.54, 1.807) is 11.4 Å². The molecule has 1 amide bonds. The van der Waals surface area contributed by atoms with E-state index in [0.29, 0.717) is 36.0 Å². The van der Waals surface area contributed by atoms with Gasteiger partial charge >= 0.3 is 0 Å². The molecule has 6 heteroatoms. The van der Waals surface area contributed by atoms with E-state index in [1.807, 2.05) is 53.4 Å². The number of thiazole rings is 1. The normalized spacial score (nSPS) is 16.8. The molecule has 2 heterocycles. The van der Waals surface area contributed by atoms with E-state index in [2.05, 4.69) is 4.98 Å². The summed E-state index contributed by atoms with van der Waals surface area (Å²) in [5.41, 5.74) is 2.83. The van der Waals surface area contributed by atoms with Crippen molar-refractivity contribution in [3.8, 4) is 10.6 Å². The molecule has 142 valence electrons. The van der Waals surface area contributed by atoms with E-state index in [1.165, 1.54) is 18.3 Å². The minimum Gasteiger partial charge on any atom is -0.377 e. The summed E-state index contributed by atoms with van der Waals surface area (Å²) in [6.07, 6.45) is 0. The van der Waals surface area contributed by atoms with E-state index in [9.17, 15) is 9.59 Å². The summed E-state index contributed by atoms with van der Waals surface area (Å²) < 4.78 is 5.62. The van der Waals surface area contributed by atoms with Crippen molar-refractivity contribution in [2.75, 3.05) is 19.8 Å². The SMILES string of the molecule is CC(=O)c1ccccc1-c1nc(C(=O)N2CCOCC2c2ccccc2)cs1. The Hall–Kier alpha value is -2.83. The summed E-state index contributed by atoms with van der Waals surface area (Å²) in [5.74, 6) is -0.129. The van der Waals surface area contributed by atoms with Crippen molar-refractivity contribution in [3.05, 3.63) is 76.8 Å². The van der Waals surface area contributed by atoms with Crippen LogP contribution in [0.5, 0.6) is 0 Å². The lowest BCUT2D eigenvalue weighted by atomic mass is 10.0. The molecule has 0 bridgehead atoms. The minimum atomic E-state index is -0.128. The molecule has 0 N–H and O–H groups in total. The fraction of sp³-hybridized carbons (Fsp3) is 0.227. The number of nitrogens with zero attached hydrogens (tertiary/aromatic N) is 2. The van der Waals surface area contributed by atoms with Gasteiger partial charge in [0.1, 0.15) is 10.7 Å². The maximum Gasteiger partial charge on any atom is 0.274 e. The lowest BCUT2D eigenvalue weighted by Crippen LogP contribution is -2.43. The molecular formula is C22H20N2O3S. The maximum atomic E-state index is 13.2. The largest absolute Gasteiger partial charge is 0.377 e. The first-order valence-corrected chi connectivity index (χ1v) is 10.0. The lowest BCUT2D eigenvalue weighted by molar-refractivity contribution is -0.00296. The van der Waals surface area contributed by atoms with Gasteiger partial charge in [0.2, 0.25) is 0 Å². The summed E-state index contributed by atoms with van der Waals surface area (Å²) in [5, 5.41) is 2.45. The molecule has 0 aliphatic carbocycles. The molecule has 0 spiro atoms. The Labute approximate surface area is 167 Å². The van der Waals surface area contributed by atoms with Gasteiger partial charge in [-0.1, -0.05) is 54.6 Å². The van der Waals surface area contributed by atoms with Gasteiger partial charge < -0.3 is 9.64 Å². The highest BCUT2D eigenvalue weighted by Crippen LogP contribution is 2.30. The zero-order chi connectivity index (χ0) is 19.5. The van der Waals surface area contributed by atoms with Crippen LogP contribution in [0.15, 0.2) is 60.0 Å². The molecule has 0 saturated carbocycles. The molecule has 2 aromatic carbocycles. The average Bonchev–Trinajstić information content (AvgIpc) is 3.24. The zero-order valence-corrected chi connectivity index (χ0v) is 16.3. The highest BCUT2D eigenvalue weighted by Gasteiger charge is 2.30. The van der Waals surface area contributed by atoms with Crippen LogP contribution in [0.4, 0.5) is 0 Å². The van der Waals surface area contributed by atoms with Crippen molar-refractivity contribution >= 4 is 23.0 Å². The van der Waals surface area contributed by atoms with E-state index >= 15 is 0 Å².